The molecule has 3 aromatic carbocycles. The van der Waals surface area contributed by atoms with E-state index in [-0.39, 0.29) is 11.5 Å². The molecule has 0 radical (unpaired) electrons. The second kappa shape index (κ2) is 14.6. The molecule has 2 saturated heterocycles. The van der Waals surface area contributed by atoms with Gasteiger partial charge in [-0.25, -0.2) is 0 Å². The van der Waals surface area contributed by atoms with Crippen LogP contribution in [0.2, 0.25) is 0 Å². The Bertz CT molecular complexity index is 1850. The largest absolute Gasteiger partial charge is 0.573 e. The van der Waals surface area contributed by atoms with Crippen molar-refractivity contribution in [1.29, 1.82) is 0 Å². The van der Waals surface area contributed by atoms with Gasteiger partial charge < -0.3 is 19.8 Å². The number of alkyl halides is 3. The van der Waals surface area contributed by atoms with Gasteiger partial charge in [0.25, 0.3) is 0 Å². The van der Waals surface area contributed by atoms with Crippen molar-refractivity contribution < 1.29 is 27.4 Å². The van der Waals surface area contributed by atoms with Crippen molar-refractivity contribution >= 4 is 16.7 Å². The van der Waals surface area contributed by atoms with Crippen LogP contribution in [-0.4, -0.2) is 64.3 Å². The second-order valence-electron chi connectivity index (χ2n) is 14.9. The number of ketones is 1. The monoisotopic (exact) mass is 702 g/mol. The fourth-order valence-corrected chi connectivity index (χ4v) is 8.70. The van der Waals surface area contributed by atoms with E-state index in [0.717, 1.165) is 112 Å². The molecule has 4 aromatic rings. The number of ether oxygens (including phenoxy) is 2. The summed E-state index contributed by atoms with van der Waals surface area (Å²) in [6, 6.07) is 19.9. The predicted octanol–water partition coefficient (Wildman–Crippen LogP) is 8.38. The Morgan fingerprint density at radius 2 is 1.67 bits per heavy atom. The normalized spacial score (nSPS) is 20.7. The number of benzene rings is 3. The standard InChI is InChI=1S/C41H49F3N4O3/c1-28-9-8-10-38(50-2)35(28)26-48-25-31-22-32(48)24-47(31)23-29-12-17-37-34(21-29)36(30-13-15-33(16-14-30)51-41(42,43)44)27-46(37)20-7-4-11-39(49)40(45)18-5-3-6-19-40/h8-10,12-17,21,27,31-32H,3-7,11,18-20,22-26,45H2,1-2H3. The van der Waals surface area contributed by atoms with Crippen molar-refractivity contribution in [3.63, 3.8) is 0 Å². The lowest BCUT2D eigenvalue weighted by molar-refractivity contribution is -0.274. The van der Waals surface area contributed by atoms with Crippen LogP contribution in [0.15, 0.2) is 66.9 Å². The van der Waals surface area contributed by atoms with Crippen molar-refractivity contribution in [3.8, 4) is 22.6 Å². The van der Waals surface area contributed by atoms with Gasteiger partial charge in [-0.3, -0.25) is 14.6 Å². The highest BCUT2D eigenvalue weighted by Crippen LogP contribution is 2.37. The Kier molecular flexibility index (Phi) is 10.2. The number of rotatable bonds is 13. The van der Waals surface area contributed by atoms with Gasteiger partial charge >= 0.3 is 6.36 Å². The van der Waals surface area contributed by atoms with Crippen molar-refractivity contribution in [2.24, 2.45) is 5.73 Å². The third-order valence-corrected chi connectivity index (χ3v) is 11.5. The summed E-state index contributed by atoms with van der Waals surface area (Å²) in [5.74, 6) is 0.889. The molecular weight excluding hydrogens is 653 g/mol. The number of aromatic nitrogens is 1. The van der Waals surface area contributed by atoms with Gasteiger partial charge in [0, 0.05) is 79.5 Å². The maximum atomic E-state index is 13.0. The number of fused-ring (bicyclic) bond motifs is 3. The Labute approximate surface area is 298 Å². The smallest absolute Gasteiger partial charge is 0.496 e. The summed E-state index contributed by atoms with van der Waals surface area (Å²) < 4.78 is 50.6. The summed E-state index contributed by atoms with van der Waals surface area (Å²) in [6.45, 7) is 6.63. The first-order valence-corrected chi connectivity index (χ1v) is 18.4. The number of nitrogens with two attached hydrogens (primary N) is 1. The van der Waals surface area contributed by atoms with Crippen LogP contribution < -0.4 is 15.2 Å². The van der Waals surface area contributed by atoms with Gasteiger partial charge in [-0.15, -0.1) is 13.2 Å². The first kappa shape index (κ1) is 35.5. The summed E-state index contributed by atoms with van der Waals surface area (Å²) in [6.07, 6.45) is 5.34. The lowest BCUT2D eigenvalue weighted by Crippen LogP contribution is -2.49. The van der Waals surface area contributed by atoms with Crippen LogP contribution in [0.3, 0.4) is 0 Å². The molecule has 2 N–H and O–H groups in total. The molecule has 0 amide bonds. The maximum Gasteiger partial charge on any atom is 0.573 e. The number of aryl methyl sites for hydroxylation is 2. The molecule has 3 aliphatic rings. The zero-order chi connectivity index (χ0) is 35.8. The van der Waals surface area contributed by atoms with E-state index in [9.17, 15) is 18.0 Å². The quantitative estimate of drug-likeness (QED) is 0.141. The van der Waals surface area contributed by atoms with Gasteiger partial charge in [0.15, 0.2) is 5.78 Å². The minimum absolute atomic E-state index is 0.180. The molecule has 3 fully saturated rings. The van der Waals surface area contributed by atoms with E-state index < -0.39 is 11.9 Å². The van der Waals surface area contributed by atoms with Crippen molar-refractivity contribution in [3.05, 3.63) is 83.6 Å². The summed E-state index contributed by atoms with van der Waals surface area (Å²) >= 11 is 0. The number of piperazine rings is 1. The molecule has 2 atom stereocenters. The molecule has 2 bridgehead atoms. The van der Waals surface area contributed by atoms with Crippen LogP contribution in [0.1, 0.15) is 74.5 Å². The van der Waals surface area contributed by atoms with Crippen LogP contribution in [-0.2, 0) is 24.4 Å². The highest BCUT2D eigenvalue weighted by molar-refractivity contribution is 5.96. The summed E-state index contributed by atoms with van der Waals surface area (Å²) in [4.78, 5) is 18.2. The molecule has 0 spiro atoms. The van der Waals surface area contributed by atoms with Gasteiger partial charge in [0.1, 0.15) is 11.5 Å². The van der Waals surface area contributed by atoms with E-state index in [4.69, 9.17) is 10.5 Å². The molecule has 1 saturated carbocycles. The number of carbonyl (C=O) groups is 1. The minimum Gasteiger partial charge on any atom is -0.496 e. The first-order chi connectivity index (χ1) is 24.5. The van der Waals surface area contributed by atoms with E-state index in [1.807, 2.05) is 12.1 Å². The third-order valence-electron chi connectivity index (χ3n) is 11.5. The van der Waals surface area contributed by atoms with Gasteiger partial charge in [0.2, 0.25) is 0 Å². The zero-order valence-electron chi connectivity index (χ0n) is 29.7. The van der Waals surface area contributed by atoms with Crippen LogP contribution in [0.5, 0.6) is 11.5 Å². The average molecular weight is 703 g/mol. The highest BCUT2D eigenvalue weighted by Gasteiger charge is 2.43. The lowest BCUT2D eigenvalue weighted by atomic mass is 9.78. The van der Waals surface area contributed by atoms with Crippen LogP contribution in [0.25, 0.3) is 22.0 Å². The second-order valence-corrected chi connectivity index (χ2v) is 14.9. The van der Waals surface area contributed by atoms with Crippen LogP contribution >= 0.6 is 0 Å². The Morgan fingerprint density at radius 1 is 0.941 bits per heavy atom. The van der Waals surface area contributed by atoms with Crippen molar-refractivity contribution in [2.75, 3.05) is 20.2 Å². The summed E-state index contributed by atoms with van der Waals surface area (Å²) in [7, 11) is 1.74. The number of methoxy groups -OCH3 is 1. The number of hydrogen-bond donors (Lipinski definition) is 1. The number of likely N-dealkylation sites (tertiary alicyclic amines) is 2. The van der Waals surface area contributed by atoms with E-state index in [1.54, 1.807) is 19.2 Å². The molecule has 2 aliphatic heterocycles. The average Bonchev–Trinajstić information content (AvgIpc) is 3.80. The molecule has 1 aliphatic carbocycles. The number of halogens is 3. The predicted molar refractivity (Wildman–Crippen MR) is 194 cm³/mol. The highest BCUT2D eigenvalue weighted by atomic mass is 19.4. The Hall–Kier alpha value is -3.86. The van der Waals surface area contributed by atoms with Gasteiger partial charge in [-0.1, -0.05) is 49.6 Å². The SMILES string of the molecule is COc1cccc(C)c1CN1CC2CC1CN2Cc1ccc2c(c1)c(-c1ccc(OC(F)(F)F)cc1)cn2CCCCC(=O)C1(N)CCCCC1. The number of hydrogen-bond acceptors (Lipinski definition) is 6. The molecular formula is C41H49F3N4O3. The summed E-state index contributed by atoms with van der Waals surface area (Å²) in [5.41, 5.74) is 12.4. The molecule has 7 nitrogen and oxygen atoms in total. The minimum atomic E-state index is -4.74. The van der Waals surface area contributed by atoms with E-state index >= 15 is 0 Å². The van der Waals surface area contributed by atoms with Crippen molar-refractivity contribution in [1.82, 2.24) is 14.4 Å². The number of carbonyl (C=O) groups excluding carboxylic acids is 1. The fraction of sp³-hybridized carbons (Fsp3) is 0.488. The van der Waals surface area contributed by atoms with Crippen LogP contribution in [0.4, 0.5) is 13.2 Å². The number of unbranched alkanes of at least 4 members (excludes halogenated alkanes) is 1. The van der Waals surface area contributed by atoms with E-state index in [2.05, 4.69) is 56.5 Å². The van der Waals surface area contributed by atoms with Gasteiger partial charge in [-0.2, -0.15) is 0 Å². The first-order valence-electron chi connectivity index (χ1n) is 18.4. The van der Waals surface area contributed by atoms with E-state index in [1.165, 1.54) is 28.8 Å². The topological polar surface area (TPSA) is 73.0 Å². The van der Waals surface area contributed by atoms with Crippen molar-refractivity contribution in [2.45, 2.75) is 108 Å². The van der Waals surface area contributed by atoms with E-state index in [0.29, 0.717) is 18.5 Å². The number of nitrogens with zero attached hydrogens (tertiary/aromatic N) is 3. The third kappa shape index (κ3) is 7.83. The fourth-order valence-electron chi connectivity index (χ4n) is 8.70. The molecule has 10 heteroatoms. The molecule has 3 heterocycles. The zero-order valence-corrected chi connectivity index (χ0v) is 29.7. The Balaban J connectivity index is 1.06. The lowest BCUT2D eigenvalue weighted by Gasteiger charge is -2.34. The molecule has 7 rings (SSSR count). The molecule has 51 heavy (non-hydrogen) atoms. The Morgan fingerprint density at radius 3 is 2.35 bits per heavy atom. The molecule has 2 unspecified atom stereocenters. The maximum absolute atomic E-state index is 13.0. The molecule has 272 valence electrons. The summed E-state index contributed by atoms with van der Waals surface area (Å²) in [5, 5.41) is 1.06. The number of Topliss-reactive ketones (excluding diaryl/α,β-unsaturated/α-hetero) is 1. The van der Waals surface area contributed by atoms with Crippen LogP contribution in [0, 0.1) is 6.92 Å². The van der Waals surface area contributed by atoms with Gasteiger partial charge in [-0.05, 0) is 86.1 Å². The van der Waals surface area contributed by atoms with Gasteiger partial charge in [0.05, 0.1) is 12.6 Å². The molecule has 1 aromatic heterocycles.